The first-order valence-electron chi connectivity index (χ1n) is 6.86. The van der Waals surface area contributed by atoms with Crippen molar-refractivity contribution in [3.8, 4) is 0 Å². The van der Waals surface area contributed by atoms with E-state index in [4.69, 9.17) is 5.53 Å². The van der Waals surface area contributed by atoms with Crippen LogP contribution in [0.3, 0.4) is 0 Å². The quantitative estimate of drug-likeness (QED) is 0.493. The fourth-order valence-corrected chi connectivity index (χ4v) is 2.69. The third-order valence-electron chi connectivity index (χ3n) is 3.79. The number of imidazole rings is 1. The molecule has 1 unspecified atom stereocenters. The summed E-state index contributed by atoms with van der Waals surface area (Å²) in [6, 6.07) is 2.34. The molecule has 23 heavy (non-hydrogen) atoms. The summed E-state index contributed by atoms with van der Waals surface area (Å²) < 4.78 is 29.6. The average molecular weight is 318 g/mol. The maximum Gasteiger partial charge on any atom is 0.224 e. The number of hydrogen-bond acceptors (Lipinski definition) is 3. The van der Waals surface area contributed by atoms with Gasteiger partial charge >= 0.3 is 0 Å². The molecule has 0 aliphatic carbocycles. The van der Waals surface area contributed by atoms with Crippen LogP contribution in [0.2, 0.25) is 0 Å². The number of amides is 1. The van der Waals surface area contributed by atoms with Crippen LogP contribution in [0.25, 0.3) is 10.4 Å². The van der Waals surface area contributed by atoms with Gasteiger partial charge in [0, 0.05) is 36.2 Å². The van der Waals surface area contributed by atoms with Gasteiger partial charge in [0.1, 0.15) is 17.3 Å². The zero-order chi connectivity index (χ0) is 16.4. The van der Waals surface area contributed by atoms with Crippen LogP contribution >= 0.6 is 0 Å². The molecule has 0 bridgehead atoms. The van der Waals surface area contributed by atoms with Gasteiger partial charge in [-0.1, -0.05) is 11.2 Å². The van der Waals surface area contributed by atoms with Gasteiger partial charge in [0.15, 0.2) is 0 Å². The maximum atomic E-state index is 14.4. The molecule has 0 N–H and O–H groups in total. The van der Waals surface area contributed by atoms with Crippen molar-refractivity contribution in [2.24, 2.45) is 5.11 Å². The van der Waals surface area contributed by atoms with Crippen LogP contribution in [-0.4, -0.2) is 26.9 Å². The first kappa shape index (κ1) is 15.0. The molecule has 1 saturated heterocycles. The fraction of sp³-hybridized carbons (Fsp3) is 0.286. The van der Waals surface area contributed by atoms with Crippen molar-refractivity contribution in [1.29, 1.82) is 0 Å². The van der Waals surface area contributed by atoms with E-state index in [1.54, 1.807) is 28.2 Å². The lowest BCUT2D eigenvalue weighted by molar-refractivity contribution is -0.129. The molecule has 1 amide bonds. The number of likely N-dealkylation sites (tertiary alicyclic amines) is 1. The Morgan fingerprint density at radius 2 is 2.26 bits per heavy atom. The van der Waals surface area contributed by atoms with E-state index < -0.39 is 23.2 Å². The lowest BCUT2D eigenvalue weighted by atomic mass is 9.97. The minimum atomic E-state index is -0.927. The molecule has 2 aromatic rings. The summed E-state index contributed by atoms with van der Waals surface area (Å²) in [7, 11) is 0. The van der Waals surface area contributed by atoms with E-state index in [0.29, 0.717) is 13.2 Å². The summed E-state index contributed by atoms with van der Waals surface area (Å²) in [5.41, 5.74) is 7.92. The SMILES string of the molecule is [N-]=[N+]=Nc1c(F)ccc(C2CC(=O)N(Cn3ccnc3)C2)c1F. The average Bonchev–Trinajstić information content (AvgIpc) is 3.15. The Hall–Kier alpha value is -2.93. The van der Waals surface area contributed by atoms with Crippen molar-refractivity contribution < 1.29 is 13.6 Å². The van der Waals surface area contributed by atoms with Crippen LogP contribution in [0.5, 0.6) is 0 Å². The zero-order valence-electron chi connectivity index (χ0n) is 11.9. The van der Waals surface area contributed by atoms with Gasteiger partial charge in [-0.25, -0.2) is 13.8 Å². The van der Waals surface area contributed by atoms with Crippen molar-refractivity contribution in [3.05, 3.63) is 58.5 Å². The summed E-state index contributed by atoms with van der Waals surface area (Å²) in [6.07, 6.45) is 5.02. The highest BCUT2D eigenvalue weighted by molar-refractivity contribution is 5.79. The molecule has 1 aromatic carbocycles. The molecule has 0 radical (unpaired) electrons. The summed E-state index contributed by atoms with van der Waals surface area (Å²) in [4.78, 5) is 20.0. The monoisotopic (exact) mass is 318 g/mol. The molecule has 1 aromatic heterocycles. The van der Waals surface area contributed by atoms with Crippen molar-refractivity contribution in [2.75, 3.05) is 6.54 Å². The van der Waals surface area contributed by atoms with E-state index in [-0.39, 0.29) is 17.9 Å². The minimum absolute atomic E-state index is 0.118. The van der Waals surface area contributed by atoms with Gasteiger partial charge < -0.3 is 9.47 Å². The Morgan fingerprint density at radius 1 is 1.43 bits per heavy atom. The van der Waals surface area contributed by atoms with Crippen LogP contribution in [0.15, 0.2) is 36.0 Å². The highest BCUT2D eigenvalue weighted by Crippen LogP contribution is 2.35. The maximum absolute atomic E-state index is 14.4. The lowest BCUT2D eigenvalue weighted by Crippen LogP contribution is -2.27. The standard InChI is InChI=1S/C14H12F2N6O/c15-11-2-1-10(13(16)14(11)19-20-17)9-5-12(23)22(6-9)8-21-4-3-18-7-21/h1-4,7,9H,5-6,8H2. The number of nitrogens with zero attached hydrogens (tertiary/aromatic N) is 6. The molecular weight excluding hydrogens is 306 g/mol. The third-order valence-corrected chi connectivity index (χ3v) is 3.79. The highest BCUT2D eigenvalue weighted by atomic mass is 19.1. The fourth-order valence-electron chi connectivity index (χ4n) is 2.69. The Balaban J connectivity index is 1.85. The van der Waals surface area contributed by atoms with Gasteiger partial charge in [-0.05, 0) is 17.2 Å². The summed E-state index contributed by atoms with van der Waals surface area (Å²) >= 11 is 0. The molecule has 1 atom stereocenters. The highest BCUT2D eigenvalue weighted by Gasteiger charge is 2.33. The van der Waals surface area contributed by atoms with Crippen molar-refractivity contribution in [1.82, 2.24) is 14.5 Å². The number of halogens is 2. The predicted octanol–water partition coefficient (Wildman–Crippen LogP) is 3.08. The Morgan fingerprint density at radius 3 is 2.96 bits per heavy atom. The molecule has 2 heterocycles. The number of hydrogen-bond donors (Lipinski definition) is 0. The van der Waals surface area contributed by atoms with E-state index >= 15 is 0 Å². The third kappa shape index (κ3) is 2.86. The molecule has 1 fully saturated rings. The van der Waals surface area contributed by atoms with Crippen LogP contribution in [-0.2, 0) is 11.5 Å². The second-order valence-electron chi connectivity index (χ2n) is 5.22. The van der Waals surface area contributed by atoms with E-state index in [9.17, 15) is 13.6 Å². The second-order valence-corrected chi connectivity index (χ2v) is 5.22. The molecule has 9 heteroatoms. The van der Waals surface area contributed by atoms with Crippen molar-refractivity contribution >= 4 is 11.6 Å². The number of benzene rings is 1. The summed E-state index contributed by atoms with van der Waals surface area (Å²) in [6.45, 7) is 0.622. The number of azide groups is 1. The van der Waals surface area contributed by atoms with E-state index in [1.165, 1.54) is 6.07 Å². The van der Waals surface area contributed by atoms with Crippen LogP contribution in [0, 0.1) is 11.6 Å². The molecule has 3 rings (SSSR count). The zero-order valence-corrected chi connectivity index (χ0v) is 11.9. The largest absolute Gasteiger partial charge is 0.324 e. The molecule has 118 valence electrons. The van der Waals surface area contributed by atoms with Gasteiger partial charge in [-0.3, -0.25) is 4.79 Å². The second kappa shape index (κ2) is 6.05. The Labute approximate surface area is 129 Å². The van der Waals surface area contributed by atoms with Crippen molar-refractivity contribution in [3.63, 3.8) is 0 Å². The van der Waals surface area contributed by atoms with E-state index in [2.05, 4.69) is 15.0 Å². The predicted molar refractivity (Wildman–Crippen MR) is 76.5 cm³/mol. The van der Waals surface area contributed by atoms with Gasteiger partial charge in [-0.2, -0.15) is 0 Å². The molecule has 1 aliphatic rings. The van der Waals surface area contributed by atoms with Gasteiger partial charge in [0.05, 0.1) is 13.0 Å². The lowest BCUT2D eigenvalue weighted by Gasteiger charge is -2.17. The van der Waals surface area contributed by atoms with Crippen molar-refractivity contribution in [2.45, 2.75) is 19.0 Å². The molecule has 1 aliphatic heterocycles. The van der Waals surface area contributed by atoms with Gasteiger partial charge in [-0.15, -0.1) is 0 Å². The van der Waals surface area contributed by atoms with Crippen LogP contribution in [0.1, 0.15) is 17.9 Å². The molecule has 7 nitrogen and oxygen atoms in total. The van der Waals surface area contributed by atoms with Gasteiger partial charge in [0.2, 0.25) is 5.91 Å². The first-order chi connectivity index (χ1) is 11.1. The normalized spacial score (nSPS) is 17.4. The van der Waals surface area contributed by atoms with E-state index in [0.717, 1.165) is 6.07 Å². The van der Waals surface area contributed by atoms with Gasteiger partial charge in [0.25, 0.3) is 0 Å². The topological polar surface area (TPSA) is 86.9 Å². The minimum Gasteiger partial charge on any atom is -0.324 e. The van der Waals surface area contributed by atoms with Crippen LogP contribution in [0.4, 0.5) is 14.5 Å². The summed E-state index contributed by atoms with van der Waals surface area (Å²) in [5.74, 6) is -2.38. The Bertz CT molecular complexity index is 785. The van der Waals surface area contributed by atoms with E-state index in [1.807, 2.05) is 0 Å². The molecule has 0 spiro atoms. The molecular formula is C14H12F2N6O. The molecule has 0 saturated carbocycles. The van der Waals surface area contributed by atoms with Crippen LogP contribution < -0.4 is 0 Å². The number of aromatic nitrogens is 2. The number of carbonyl (C=O) groups excluding carboxylic acids is 1. The summed E-state index contributed by atoms with van der Waals surface area (Å²) in [5, 5.41) is 3.06. The smallest absolute Gasteiger partial charge is 0.224 e. The Kier molecular flexibility index (Phi) is 3.94. The number of carbonyl (C=O) groups is 1. The number of rotatable bonds is 4. The first-order valence-corrected chi connectivity index (χ1v) is 6.86.